The van der Waals surface area contributed by atoms with Gasteiger partial charge in [0, 0.05) is 16.9 Å². The number of benzene rings is 1. The molecular formula is C12H7BrClN3O3. The summed E-state index contributed by atoms with van der Waals surface area (Å²) in [6.07, 6.45) is 2.51. The molecule has 0 atom stereocenters. The Morgan fingerprint density at radius 2 is 1.95 bits per heavy atom. The van der Waals surface area contributed by atoms with Gasteiger partial charge in [-0.3, -0.25) is 4.79 Å². The summed E-state index contributed by atoms with van der Waals surface area (Å²) in [5, 5.41) is 11.6. The quantitative estimate of drug-likeness (QED) is 0.882. The number of carboxylic acids is 1. The predicted molar refractivity (Wildman–Crippen MR) is 76.1 cm³/mol. The first-order valence-electron chi connectivity index (χ1n) is 5.29. The SMILES string of the molecule is O=C(Nc1nccnc1C(=O)O)c1ccc(Br)cc1Cl. The van der Waals surface area contributed by atoms with Gasteiger partial charge < -0.3 is 10.4 Å². The van der Waals surface area contributed by atoms with E-state index in [4.69, 9.17) is 16.7 Å². The van der Waals surface area contributed by atoms with E-state index < -0.39 is 11.9 Å². The largest absolute Gasteiger partial charge is 0.476 e. The van der Waals surface area contributed by atoms with Crippen LogP contribution in [0.2, 0.25) is 5.02 Å². The molecule has 1 heterocycles. The molecule has 20 heavy (non-hydrogen) atoms. The van der Waals surface area contributed by atoms with Crippen LogP contribution in [0.25, 0.3) is 0 Å². The molecule has 8 heteroatoms. The molecule has 1 aromatic heterocycles. The molecule has 0 aliphatic carbocycles. The van der Waals surface area contributed by atoms with Gasteiger partial charge in [-0.25, -0.2) is 14.8 Å². The van der Waals surface area contributed by atoms with Gasteiger partial charge in [0.2, 0.25) is 0 Å². The number of hydrogen-bond acceptors (Lipinski definition) is 4. The summed E-state index contributed by atoms with van der Waals surface area (Å²) in [6, 6.07) is 4.72. The van der Waals surface area contributed by atoms with Crippen LogP contribution in [0.1, 0.15) is 20.8 Å². The lowest BCUT2D eigenvalue weighted by atomic mass is 10.2. The molecule has 0 unspecified atom stereocenters. The summed E-state index contributed by atoms with van der Waals surface area (Å²) < 4.78 is 0.727. The smallest absolute Gasteiger partial charge is 0.358 e. The molecule has 0 aliphatic heterocycles. The van der Waals surface area contributed by atoms with E-state index in [1.807, 2.05) is 0 Å². The lowest BCUT2D eigenvalue weighted by Crippen LogP contribution is -2.17. The Hall–Kier alpha value is -1.99. The Morgan fingerprint density at radius 3 is 2.60 bits per heavy atom. The lowest BCUT2D eigenvalue weighted by molar-refractivity contribution is 0.0691. The van der Waals surface area contributed by atoms with Crippen LogP contribution in [0, 0.1) is 0 Å². The maximum Gasteiger partial charge on any atom is 0.358 e. The Labute approximate surface area is 126 Å². The fourth-order valence-electron chi connectivity index (χ4n) is 1.43. The molecular weight excluding hydrogens is 350 g/mol. The molecule has 2 rings (SSSR count). The number of aromatic carboxylic acids is 1. The minimum atomic E-state index is -1.28. The highest BCUT2D eigenvalue weighted by molar-refractivity contribution is 9.10. The Bertz CT molecular complexity index is 693. The van der Waals surface area contributed by atoms with Crippen LogP contribution in [-0.2, 0) is 0 Å². The van der Waals surface area contributed by atoms with Crippen molar-refractivity contribution in [3.8, 4) is 0 Å². The van der Waals surface area contributed by atoms with Gasteiger partial charge in [-0.15, -0.1) is 0 Å². The molecule has 1 amide bonds. The Balaban J connectivity index is 2.30. The maximum absolute atomic E-state index is 12.0. The summed E-state index contributed by atoms with van der Waals surface area (Å²) in [4.78, 5) is 30.4. The number of carbonyl (C=O) groups is 2. The van der Waals surface area contributed by atoms with Gasteiger partial charge in [0.1, 0.15) is 0 Å². The fraction of sp³-hybridized carbons (Fsp3) is 0. The van der Waals surface area contributed by atoms with Gasteiger partial charge in [-0.1, -0.05) is 27.5 Å². The number of aromatic nitrogens is 2. The molecule has 6 nitrogen and oxygen atoms in total. The normalized spacial score (nSPS) is 10.1. The molecule has 2 aromatic rings. The topological polar surface area (TPSA) is 92.2 Å². The molecule has 0 saturated carbocycles. The monoisotopic (exact) mass is 355 g/mol. The average Bonchev–Trinajstić information content (AvgIpc) is 2.38. The van der Waals surface area contributed by atoms with Gasteiger partial charge in [0.05, 0.1) is 10.6 Å². The Kier molecular flexibility index (Phi) is 4.31. The average molecular weight is 357 g/mol. The summed E-state index contributed by atoms with van der Waals surface area (Å²) >= 11 is 9.18. The second-order valence-electron chi connectivity index (χ2n) is 3.64. The van der Waals surface area contributed by atoms with Crippen LogP contribution >= 0.6 is 27.5 Å². The van der Waals surface area contributed by atoms with E-state index in [1.54, 1.807) is 12.1 Å². The number of rotatable bonds is 3. The van der Waals surface area contributed by atoms with Crippen LogP contribution in [-0.4, -0.2) is 27.0 Å². The Morgan fingerprint density at radius 1 is 1.25 bits per heavy atom. The zero-order valence-electron chi connectivity index (χ0n) is 9.80. The molecule has 0 aliphatic rings. The first kappa shape index (κ1) is 14.4. The molecule has 0 fully saturated rings. The van der Waals surface area contributed by atoms with Crippen molar-refractivity contribution < 1.29 is 14.7 Å². The van der Waals surface area contributed by atoms with Crippen molar-refractivity contribution in [3.63, 3.8) is 0 Å². The number of hydrogen-bond donors (Lipinski definition) is 2. The van der Waals surface area contributed by atoms with Gasteiger partial charge in [-0.05, 0) is 18.2 Å². The molecule has 102 valence electrons. The first-order valence-corrected chi connectivity index (χ1v) is 6.47. The highest BCUT2D eigenvalue weighted by Crippen LogP contribution is 2.22. The molecule has 2 N–H and O–H groups in total. The van der Waals surface area contributed by atoms with Gasteiger partial charge in [0.15, 0.2) is 11.5 Å². The summed E-state index contributed by atoms with van der Waals surface area (Å²) in [7, 11) is 0. The van der Waals surface area contributed by atoms with E-state index in [-0.39, 0.29) is 22.1 Å². The van der Waals surface area contributed by atoms with Crippen LogP contribution < -0.4 is 5.32 Å². The van der Waals surface area contributed by atoms with Crippen molar-refractivity contribution in [2.24, 2.45) is 0 Å². The molecule has 0 bridgehead atoms. The van der Waals surface area contributed by atoms with Crippen molar-refractivity contribution in [3.05, 3.63) is 51.3 Å². The van der Waals surface area contributed by atoms with Crippen molar-refractivity contribution in [1.29, 1.82) is 0 Å². The van der Waals surface area contributed by atoms with E-state index in [0.29, 0.717) is 0 Å². The zero-order chi connectivity index (χ0) is 14.7. The third kappa shape index (κ3) is 3.12. The van der Waals surface area contributed by atoms with E-state index in [1.165, 1.54) is 18.5 Å². The van der Waals surface area contributed by atoms with Gasteiger partial charge in [0.25, 0.3) is 5.91 Å². The number of nitrogens with zero attached hydrogens (tertiary/aromatic N) is 2. The first-order chi connectivity index (χ1) is 9.49. The van der Waals surface area contributed by atoms with E-state index >= 15 is 0 Å². The fourth-order valence-corrected chi connectivity index (χ4v) is 2.19. The third-order valence-electron chi connectivity index (χ3n) is 2.31. The third-order valence-corrected chi connectivity index (χ3v) is 3.11. The molecule has 1 aromatic carbocycles. The van der Waals surface area contributed by atoms with Crippen LogP contribution in [0.15, 0.2) is 35.1 Å². The van der Waals surface area contributed by atoms with Gasteiger partial charge >= 0.3 is 5.97 Å². The maximum atomic E-state index is 12.0. The van der Waals surface area contributed by atoms with E-state index in [0.717, 1.165) is 4.47 Å². The standard InChI is InChI=1S/C12H7BrClN3O3/c13-6-1-2-7(8(14)5-6)11(18)17-10-9(12(19)20)15-3-4-16-10/h1-5H,(H,19,20)(H,16,17,18). The van der Waals surface area contributed by atoms with Crippen molar-refractivity contribution in [2.75, 3.05) is 5.32 Å². The van der Waals surface area contributed by atoms with Crippen molar-refractivity contribution >= 4 is 45.2 Å². The van der Waals surface area contributed by atoms with E-state index in [2.05, 4.69) is 31.2 Å². The zero-order valence-corrected chi connectivity index (χ0v) is 12.1. The van der Waals surface area contributed by atoms with E-state index in [9.17, 15) is 9.59 Å². The number of anilines is 1. The molecule has 0 spiro atoms. The summed E-state index contributed by atoms with van der Waals surface area (Å²) in [5.41, 5.74) is -0.133. The second-order valence-corrected chi connectivity index (χ2v) is 4.96. The highest BCUT2D eigenvalue weighted by atomic mass is 79.9. The minimum absolute atomic E-state index is 0.135. The number of carboxylic acid groups (broad SMARTS) is 1. The van der Waals surface area contributed by atoms with Crippen LogP contribution in [0.4, 0.5) is 5.82 Å². The summed E-state index contributed by atoms with van der Waals surface area (Å²) in [6.45, 7) is 0. The summed E-state index contributed by atoms with van der Waals surface area (Å²) in [5.74, 6) is -1.98. The second kappa shape index (κ2) is 5.98. The van der Waals surface area contributed by atoms with Crippen molar-refractivity contribution in [1.82, 2.24) is 9.97 Å². The predicted octanol–water partition coefficient (Wildman–Crippen LogP) is 2.84. The van der Waals surface area contributed by atoms with Crippen LogP contribution in [0.3, 0.4) is 0 Å². The van der Waals surface area contributed by atoms with Crippen molar-refractivity contribution in [2.45, 2.75) is 0 Å². The number of halogens is 2. The number of carbonyl (C=O) groups excluding carboxylic acids is 1. The molecule has 0 radical (unpaired) electrons. The lowest BCUT2D eigenvalue weighted by Gasteiger charge is -2.07. The van der Waals surface area contributed by atoms with Crippen LogP contribution in [0.5, 0.6) is 0 Å². The minimum Gasteiger partial charge on any atom is -0.476 e. The molecule has 0 saturated heterocycles. The highest BCUT2D eigenvalue weighted by Gasteiger charge is 2.17. The number of amides is 1. The van der Waals surface area contributed by atoms with Gasteiger partial charge in [-0.2, -0.15) is 0 Å². The number of nitrogens with one attached hydrogen (secondary N) is 1.